The molecule has 19 heavy (non-hydrogen) atoms. The molecule has 0 rings (SSSR count). The first-order valence-corrected chi connectivity index (χ1v) is 7.25. The summed E-state index contributed by atoms with van der Waals surface area (Å²) < 4.78 is 19.3. The summed E-state index contributed by atoms with van der Waals surface area (Å²) in [6.07, 6.45) is 0. The standard InChI is InChI=1S/C9H18NO2.C2H7O4P/c1-8(2)9(11)12-7-6-10(3,4)5;1-2-6-7(3,4)5/h1,6-7H2,2-5H3;2H2,1H3,(H2,3,4,5)/q+1;. The predicted octanol–water partition coefficient (Wildman–Crippen LogP) is 0.927. The number of nitrogens with zero attached hydrogens (tertiary/aromatic N) is 1. The topological polar surface area (TPSA) is 93.1 Å². The molecule has 114 valence electrons. The van der Waals surface area contributed by atoms with Gasteiger partial charge in [-0.15, -0.1) is 0 Å². The number of quaternary nitrogens is 1. The summed E-state index contributed by atoms with van der Waals surface area (Å²) in [5.41, 5.74) is 0.455. The molecule has 0 aliphatic carbocycles. The molecule has 0 fully saturated rings. The van der Waals surface area contributed by atoms with Crippen LogP contribution in [0.25, 0.3) is 0 Å². The van der Waals surface area contributed by atoms with Gasteiger partial charge in [0.15, 0.2) is 0 Å². The number of hydrogen-bond acceptors (Lipinski definition) is 4. The van der Waals surface area contributed by atoms with Crippen molar-refractivity contribution in [1.82, 2.24) is 0 Å². The SMILES string of the molecule is C=C(C)C(=O)OCC[N+](C)(C)C.CCOP(=O)(O)O. The maximum Gasteiger partial charge on any atom is 0.469 e. The molecular weight excluding hydrogens is 273 g/mol. The van der Waals surface area contributed by atoms with Gasteiger partial charge in [-0.25, -0.2) is 9.36 Å². The van der Waals surface area contributed by atoms with Crippen LogP contribution in [0.4, 0.5) is 0 Å². The second kappa shape index (κ2) is 9.23. The van der Waals surface area contributed by atoms with E-state index < -0.39 is 7.82 Å². The zero-order valence-electron chi connectivity index (χ0n) is 12.3. The molecule has 0 atom stereocenters. The van der Waals surface area contributed by atoms with Crippen LogP contribution in [0.1, 0.15) is 13.8 Å². The maximum atomic E-state index is 10.9. The van der Waals surface area contributed by atoms with E-state index in [0.29, 0.717) is 12.2 Å². The normalized spacial score (nSPS) is 11.3. The Morgan fingerprint density at radius 2 is 1.79 bits per heavy atom. The third kappa shape index (κ3) is 19.8. The molecule has 7 nitrogen and oxygen atoms in total. The second-order valence-corrected chi connectivity index (χ2v) is 6.08. The average Bonchev–Trinajstić information content (AvgIpc) is 2.14. The fourth-order valence-corrected chi connectivity index (χ4v) is 1.04. The number of esters is 1. The van der Waals surface area contributed by atoms with Crippen LogP contribution in [0.5, 0.6) is 0 Å². The second-order valence-electron chi connectivity index (χ2n) is 4.84. The van der Waals surface area contributed by atoms with Gasteiger partial charge < -0.3 is 19.0 Å². The van der Waals surface area contributed by atoms with Crippen molar-refractivity contribution in [3.8, 4) is 0 Å². The van der Waals surface area contributed by atoms with Crippen LogP contribution in [0.3, 0.4) is 0 Å². The van der Waals surface area contributed by atoms with Gasteiger partial charge in [0.25, 0.3) is 0 Å². The van der Waals surface area contributed by atoms with Gasteiger partial charge >= 0.3 is 13.8 Å². The van der Waals surface area contributed by atoms with E-state index >= 15 is 0 Å². The van der Waals surface area contributed by atoms with Crippen molar-refractivity contribution < 1.29 is 32.9 Å². The highest BCUT2D eigenvalue weighted by Crippen LogP contribution is 2.34. The molecule has 0 radical (unpaired) electrons. The molecule has 0 aromatic rings. The lowest BCUT2D eigenvalue weighted by Gasteiger charge is -2.23. The van der Waals surface area contributed by atoms with Crippen molar-refractivity contribution >= 4 is 13.8 Å². The quantitative estimate of drug-likeness (QED) is 0.328. The summed E-state index contributed by atoms with van der Waals surface area (Å²) in [5, 5.41) is 0. The highest BCUT2D eigenvalue weighted by atomic mass is 31.2. The zero-order chi connectivity index (χ0) is 15.7. The molecule has 0 bridgehead atoms. The van der Waals surface area contributed by atoms with E-state index in [2.05, 4.69) is 32.2 Å². The van der Waals surface area contributed by atoms with Gasteiger partial charge in [-0.2, -0.15) is 0 Å². The van der Waals surface area contributed by atoms with E-state index in [1.54, 1.807) is 6.92 Å². The van der Waals surface area contributed by atoms with E-state index in [1.807, 2.05) is 0 Å². The molecule has 2 N–H and O–H groups in total. The Hall–Kier alpha value is -0.720. The Bertz CT molecular complexity index is 331. The maximum absolute atomic E-state index is 10.9. The van der Waals surface area contributed by atoms with Crippen LogP contribution in [0, 0.1) is 0 Å². The van der Waals surface area contributed by atoms with Crippen molar-refractivity contribution in [3.05, 3.63) is 12.2 Å². The van der Waals surface area contributed by atoms with Crippen molar-refractivity contribution in [1.29, 1.82) is 0 Å². The van der Waals surface area contributed by atoms with Gasteiger partial charge in [-0.1, -0.05) is 6.58 Å². The highest BCUT2D eigenvalue weighted by molar-refractivity contribution is 7.46. The lowest BCUT2D eigenvalue weighted by Crippen LogP contribution is -2.38. The summed E-state index contributed by atoms with van der Waals surface area (Å²) in [5.74, 6) is -0.302. The van der Waals surface area contributed by atoms with E-state index in [0.717, 1.165) is 11.0 Å². The third-order valence-electron chi connectivity index (χ3n) is 1.64. The molecule has 0 saturated carbocycles. The molecule has 0 spiro atoms. The number of hydrogen-bond donors (Lipinski definition) is 2. The molecule has 0 unspecified atom stereocenters. The number of rotatable bonds is 6. The molecule has 0 aromatic heterocycles. The van der Waals surface area contributed by atoms with Gasteiger partial charge in [0.05, 0.1) is 27.7 Å². The summed E-state index contributed by atoms with van der Waals surface area (Å²) in [6, 6.07) is 0. The average molecular weight is 298 g/mol. The van der Waals surface area contributed by atoms with Crippen LogP contribution < -0.4 is 0 Å². The van der Waals surface area contributed by atoms with E-state index in [9.17, 15) is 9.36 Å². The molecule has 0 aromatic carbocycles. The molecule has 0 saturated heterocycles. The van der Waals surface area contributed by atoms with Crippen LogP contribution in [0.15, 0.2) is 12.2 Å². The third-order valence-corrected chi connectivity index (χ3v) is 2.24. The molecule has 0 amide bonds. The molecule has 0 aliphatic heterocycles. The highest BCUT2D eigenvalue weighted by Gasteiger charge is 2.10. The first-order chi connectivity index (χ1) is 8.39. The summed E-state index contributed by atoms with van der Waals surface area (Å²) >= 11 is 0. The molecular formula is C11H25NO6P+. The van der Waals surface area contributed by atoms with Crippen molar-refractivity contribution in [2.75, 3.05) is 40.9 Å². The number of ether oxygens (including phenoxy) is 1. The lowest BCUT2D eigenvalue weighted by molar-refractivity contribution is -0.870. The smallest absolute Gasteiger partial charge is 0.456 e. The summed E-state index contributed by atoms with van der Waals surface area (Å²) in [7, 11) is 1.98. The molecule has 0 heterocycles. The molecule has 0 aliphatic rings. The Kier molecular flexibility index (Phi) is 10.0. The number of phosphoric acid groups is 1. The summed E-state index contributed by atoms with van der Waals surface area (Å²) in [4.78, 5) is 26.7. The van der Waals surface area contributed by atoms with Crippen LogP contribution >= 0.6 is 7.82 Å². The van der Waals surface area contributed by atoms with Gasteiger partial charge in [-0.3, -0.25) is 4.52 Å². The number of carbonyl (C=O) groups is 1. The first kappa shape index (κ1) is 20.6. The first-order valence-electron chi connectivity index (χ1n) is 5.72. The zero-order valence-corrected chi connectivity index (χ0v) is 13.1. The minimum Gasteiger partial charge on any atom is -0.456 e. The largest absolute Gasteiger partial charge is 0.469 e. The van der Waals surface area contributed by atoms with Crippen LogP contribution in [0.2, 0.25) is 0 Å². The predicted molar refractivity (Wildman–Crippen MR) is 72.3 cm³/mol. The van der Waals surface area contributed by atoms with Gasteiger partial charge in [0, 0.05) is 5.57 Å². The van der Waals surface area contributed by atoms with Crippen LogP contribution in [-0.4, -0.2) is 61.1 Å². The van der Waals surface area contributed by atoms with Crippen molar-refractivity contribution in [2.45, 2.75) is 13.8 Å². The Morgan fingerprint density at radius 3 is 2.00 bits per heavy atom. The van der Waals surface area contributed by atoms with Crippen molar-refractivity contribution in [2.24, 2.45) is 0 Å². The van der Waals surface area contributed by atoms with E-state index in [1.165, 1.54) is 6.92 Å². The minimum absolute atomic E-state index is 0.0459. The van der Waals surface area contributed by atoms with Gasteiger partial charge in [-0.05, 0) is 13.8 Å². The Balaban J connectivity index is 0. The van der Waals surface area contributed by atoms with Crippen molar-refractivity contribution in [3.63, 3.8) is 0 Å². The lowest BCUT2D eigenvalue weighted by atomic mass is 10.4. The number of carbonyl (C=O) groups excluding carboxylic acids is 1. The minimum atomic E-state index is -4.17. The Morgan fingerprint density at radius 1 is 1.32 bits per heavy atom. The number of likely N-dealkylation sites (N-methyl/N-ethyl adjacent to an activating group) is 1. The Labute approximate surface area is 114 Å². The number of phosphoric ester groups is 1. The van der Waals surface area contributed by atoms with Gasteiger partial charge in [0.1, 0.15) is 13.2 Å². The fourth-order valence-electron chi connectivity index (χ4n) is 0.704. The summed E-state index contributed by atoms with van der Waals surface area (Å²) in [6.45, 7) is 7.97. The monoisotopic (exact) mass is 298 g/mol. The van der Waals surface area contributed by atoms with E-state index in [-0.39, 0.29) is 12.6 Å². The molecule has 8 heteroatoms. The van der Waals surface area contributed by atoms with Crippen LogP contribution in [-0.2, 0) is 18.6 Å². The van der Waals surface area contributed by atoms with Gasteiger partial charge in [0.2, 0.25) is 0 Å². The van der Waals surface area contributed by atoms with E-state index in [4.69, 9.17) is 14.5 Å². The fraction of sp³-hybridized carbons (Fsp3) is 0.727.